The van der Waals surface area contributed by atoms with E-state index in [9.17, 15) is 18.4 Å². The van der Waals surface area contributed by atoms with Gasteiger partial charge in [-0.05, 0) is 12.1 Å². The molecule has 4 N–H and O–H groups in total. The molecule has 0 saturated heterocycles. The molecule has 0 fully saturated rings. The number of nitrogen functional groups attached to an aromatic ring is 2. The Balaban J connectivity index is 2.28. The number of nitrogens with two attached hydrogens (primary N) is 2. The molecule has 9 heteroatoms. The van der Waals surface area contributed by atoms with Crippen LogP contribution in [0.15, 0.2) is 23.6 Å². The van der Waals surface area contributed by atoms with Gasteiger partial charge in [0.15, 0.2) is 0 Å². The van der Waals surface area contributed by atoms with Crippen molar-refractivity contribution in [1.82, 2.24) is 9.97 Å². The molecule has 0 aliphatic heterocycles. The first-order chi connectivity index (χ1) is 10.8. The van der Waals surface area contributed by atoms with Crippen molar-refractivity contribution in [3.63, 3.8) is 0 Å². The Morgan fingerprint density at radius 1 is 1.17 bits per heavy atom. The van der Waals surface area contributed by atoms with Gasteiger partial charge in [0, 0.05) is 21.0 Å². The van der Waals surface area contributed by atoms with Crippen LogP contribution in [-0.4, -0.2) is 9.97 Å². The second-order valence-corrected chi connectivity index (χ2v) is 5.57. The molecular formula is C14H8F3N5S. The van der Waals surface area contributed by atoms with Crippen LogP contribution < -0.4 is 11.5 Å². The first-order valence-electron chi connectivity index (χ1n) is 6.23. The molecule has 1 aromatic carbocycles. The van der Waals surface area contributed by atoms with Crippen LogP contribution in [0.3, 0.4) is 0 Å². The second-order valence-electron chi connectivity index (χ2n) is 4.66. The van der Waals surface area contributed by atoms with E-state index in [2.05, 4.69) is 9.97 Å². The van der Waals surface area contributed by atoms with Gasteiger partial charge in [-0.25, -0.2) is 4.98 Å². The van der Waals surface area contributed by atoms with E-state index in [1.165, 1.54) is 6.07 Å². The predicted molar refractivity (Wildman–Crippen MR) is 81.4 cm³/mol. The molecule has 0 atom stereocenters. The Kier molecular flexibility index (Phi) is 3.34. The molecule has 3 rings (SSSR count). The van der Waals surface area contributed by atoms with Gasteiger partial charge in [0.2, 0.25) is 5.95 Å². The van der Waals surface area contributed by atoms with Gasteiger partial charge in [0.05, 0.1) is 11.3 Å². The van der Waals surface area contributed by atoms with Crippen molar-refractivity contribution < 1.29 is 13.2 Å². The molecule has 2 aromatic heterocycles. The number of fused-ring (bicyclic) bond motifs is 1. The number of hydrogen-bond acceptors (Lipinski definition) is 6. The van der Waals surface area contributed by atoms with Crippen molar-refractivity contribution in [2.45, 2.75) is 6.18 Å². The highest BCUT2D eigenvalue weighted by atomic mass is 32.1. The minimum absolute atomic E-state index is 0.0256. The summed E-state index contributed by atoms with van der Waals surface area (Å²) in [5, 5.41) is 10.3. The zero-order valence-electron chi connectivity index (χ0n) is 11.3. The molecule has 0 aliphatic rings. The summed E-state index contributed by atoms with van der Waals surface area (Å²) in [6.07, 6.45) is -4.46. The topological polar surface area (TPSA) is 102 Å². The fourth-order valence-electron chi connectivity index (χ4n) is 2.21. The second kappa shape index (κ2) is 5.10. The molecule has 0 spiro atoms. The Bertz CT molecular complexity index is 955. The molecule has 0 radical (unpaired) electrons. The van der Waals surface area contributed by atoms with Gasteiger partial charge in [-0.15, -0.1) is 11.3 Å². The number of benzene rings is 1. The van der Waals surface area contributed by atoms with Gasteiger partial charge in [-0.1, -0.05) is 6.07 Å². The summed E-state index contributed by atoms with van der Waals surface area (Å²) in [5.41, 5.74) is 10.8. The maximum absolute atomic E-state index is 13.0. The summed E-state index contributed by atoms with van der Waals surface area (Å²) in [7, 11) is 0. The SMILES string of the molecule is N#Cc1c(N)nc(N)nc1-c1ccc2scc(C(F)(F)F)c2c1. The van der Waals surface area contributed by atoms with Crippen LogP contribution in [0.2, 0.25) is 0 Å². The van der Waals surface area contributed by atoms with Crippen LogP contribution >= 0.6 is 11.3 Å². The summed E-state index contributed by atoms with van der Waals surface area (Å²) in [6, 6.07) is 6.29. The first kappa shape index (κ1) is 15.1. The maximum Gasteiger partial charge on any atom is 0.417 e. The first-order valence-corrected chi connectivity index (χ1v) is 7.11. The minimum atomic E-state index is -4.46. The van der Waals surface area contributed by atoms with E-state index in [1.807, 2.05) is 6.07 Å². The highest BCUT2D eigenvalue weighted by molar-refractivity contribution is 7.17. The Morgan fingerprint density at radius 3 is 2.57 bits per heavy atom. The van der Waals surface area contributed by atoms with E-state index >= 15 is 0 Å². The summed E-state index contributed by atoms with van der Waals surface area (Å²) in [4.78, 5) is 7.63. The van der Waals surface area contributed by atoms with Crippen LogP contribution in [0.4, 0.5) is 24.9 Å². The number of halogens is 3. The molecule has 0 bridgehead atoms. The van der Waals surface area contributed by atoms with E-state index < -0.39 is 11.7 Å². The van der Waals surface area contributed by atoms with Gasteiger partial charge >= 0.3 is 6.18 Å². The van der Waals surface area contributed by atoms with Crippen molar-refractivity contribution in [3.8, 4) is 17.3 Å². The zero-order chi connectivity index (χ0) is 16.8. The zero-order valence-corrected chi connectivity index (χ0v) is 12.2. The molecule has 5 nitrogen and oxygen atoms in total. The number of thiophene rings is 1. The van der Waals surface area contributed by atoms with E-state index in [4.69, 9.17) is 11.5 Å². The lowest BCUT2D eigenvalue weighted by atomic mass is 10.0. The molecule has 0 amide bonds. The standard InChI is InChI=1S/C14H8F3N5S/c15-14(16,17)9-5-23-10-2-1-6(3-7(9)10)11-8(4-18)12(19)22-13(20)21-11/h1-3,5H,(H4,19,20,21,22). The molecule has 0 saturated carbocycles. The maximum atomic E-state index is 13.0. The highest BCUT2D eigenvalue weighted by Gasteiger charge is 2.33. The fraction of sp³-hybridized carbons (Fsp3) is 0.0714. The Hall–Kier alpha value is -2.86. The van der Waals surface area contributed by atoms with Crippen LogP contribution in [-0.2, 0) is 6.18 Å². The van der Waals surface area contributed by atoms with Crippen molar-refractivity contribution in [2.75, 3.05) is 11.5 Å². The van der Waals surface area contributed by atoms with Crippen LogP contribution in [0.25, 0.3) is 21.3 Å². The normalized spacial score (nSPS) is 11.6. The molecule has 0 aliphatic carbocycles. The number of rotatable bonds is 1. The van der Waals surface area contributed by atoms with Gasteiger partial charge in [-0.3, -0.25) is 0 Å². The van der Waals surface area contributed by atoms with Crippen molar-refractivity contribution >= 4 is 33.2 Å². The largest absolute Gasteiger partial charge is 0.417 e. The highest BCUT2D eigenvalue weighted by Crippen LogP contribution is 2.40. The number of anilines is 2. The summed E-state index contributed by atoms with van der Waals surface area (Å²) in [6.45, 7) is 0. The number of nitrogens with zero attached hydrogens (tertiary/aromatic N) is 3. The summed E-state index contributed by atoms with van der Waals surface area (Å²) >= 11 is 0.994. The Morgan fingerprint density at radius 2 is 1.91 bits per heavy atom. The molecule has 0 unspecified atom stereocenters. The van der Waals surface area contributed by atoms with Crippen molar-refractivity contribution in [2.24, 2.45) is 0 Å². The van der Waals surface area contributed by atoms with E-state index in [0.29, 0.717) is 10.3 Å². The third-order valence-electron chi connectivity index (χ3n) is 3.22. The van der Waals surface area contributed by atoms with Crippen LogP contribution in [0.1, 0.15) is 11.1 Å². The van der Waals surface area contributed by atoms with E-state index in [1.54, 1.807) is 12.1 Å². The number of nitriles is 1. The average Bonchev–Trinajstić information content (AvgIpc) is 2.89. The molecule has 3 aromatic rings. The lowest BCUT2D eigenvalue weighted by Gasteiger charge is -2.08. The number of alkyl halides is 3. The smallest absolute Gasteiger partial charge is 0.382 e. The van der Waals surface area contributed by atoms with Crippen LogP contribution in [0.5, 0.6) is 0 Å². The fourth-order valence-corrected chi connectivity index (χ4v) is 3.16. The molecule has 23 heavy (non-hydrogen) atoms. The molecular weight excluding hydrogens is 327 g/mol. The lowest BCUT2D eigenvalue weighted by Crippen LogP contribution is -2.05. The minimum Gasteiger partial charge on any atom is -0.382 e. The van der Waals surface area contributed by atoms with Gasteiger partial charge in [0.1, 0.15) is 17.5 Å². The third-order valence-corrected chi connectivity index (χ3v) is 4.18. The van der Waals surface area contributed by atoms with Crippen molar-refractivity contribution in [1.29, 1.82) is 5.26 Å². The van der Waals surface area contributed by atoms with Gasteiger partial charge < -0.3 is 11.5 Å². The van der Waals surface area contributed by atoms with Gasteiger partial charge in [-0.2, -0.15) is 23.4 Å². The van der Waals surface area contributed by atoms with E-state index in [-0.39, 0.29) is 28.4 Å². The quantitative estimate of drug-likeness (QED) is 0.709. The predicted octanol–water partition coefficient (Wildman–Crippen LogP) is 3.41. The monoisotopic (exact) mass is 335 g/mol. The average molecular weight is 335 g/mol. The Labute approximate surface area is 132 Å². The summed E-state index contributed by atoms with van der Waals surface area (Å²) in [5.74, 6) is -0.269. The molecule has 116 valence electrons. The number of hydrogen-bond donors (Lipinski definition) is 2. The third kappa shape index (κ3) is 2.53. The molecule has 2 heterocycles. The van der Waals surface area contributed by atoms with E-state index in [0.717, 1.165) is 16.7 Å². The summed E-state index contributed by atoms with van der Waals surface area (Å²) < 4.78 is 39.6. The van der Waals surface area contributed by atoms with Crippen LogP contribution in [0, 0.1) is 11.3 Å². The van der Waals surface area contributed by atoms with Gasteiger partial charge in [0.25, 0.3) is 0 Å². The van der Waals surface area contributed by atoms with Crippen molar-refractivity contribution in [3.05, 3.63) is 34.7 Å². The number of aromatic nitrogens is 2. The lowest BCUT2D eigenvalue weighted by molar-refractivity contribution is -0.136.